The Balaban J connectivity index is 2.06. The number of esters is 1. The zero-order valence-corrected chi connectivity index (χ0v) is 18.1. The van der Waals surface area contributed by atoms with Crippen molar-refractivity contribution in [2.45, 2.75) is 46.9 Å². The third-order valence-corrected chi connectivity index (χ3v) is 5.56. The van der Waals surface area contributed by atoms with Gasteiger partial charge in [-0.3, -0.25) is 18.7 Å². The Labute approximate surface area is 171 Å². The highest BCUT2D eigenvalue weighted by atomic mass is 16.6. The summed E-state index contributed by atoms with van der Waals surface area (Å²) < 4.78 is 21.8. The summed E-state index contributed by atoms with van der Waals surface area (Å²) in [4.78, 5) is 33.1. The Bertz CT molecular complexity index is 968. The first-order valence-corrected chi connectivity index (χ1v) is 9.60. The van der Waals surface area contributed by atoms with Crippen molar-refractivity contribution in [2.24, 2.45) is 24.1 Å². The molecule has 0 aromatic carbocycles. The zero-order valence-electron chi connectivity index (χ0n) is 19.1. The van der Waals surface area contributed by atoms with Crippen LogP contribution < -0.4 is 16.6 Å². The van der Waals surface area contributed by atoms with Crippen molar-refractivity contribution < 1.29 is 15.6 Å². The molecule has 10 heteroatoms. The van der Waals surface area contributed by atoms with E-state index in [9.17, 15) is 9.59 Å². The van der Waals surface area contributed by atoms with Crippen molar-refractivity contribution in [3.8, 4) is 0 Å². The maximum absolute atomic E-state index is 12.4. The summed E-state index contributed by atoms with van der Waals surface area (Å²) in [5, 5.41) is 2.84. The Morgan fingerprint density at radius 2 is 2.03 bits per heavy atom. The van der Waals surface area contributed by atoms with E-state index in [1.165, 1.54) is 9.13 Å². The van der Waals surface area contributed by atoms with Crippen LogP contribution in [0.25, 0.3) is 11.2 Å². The number of carbonyl (C=O) groups excluding carboxylic acids is 1. The first kappa shape index (κ1) is 21.3. The second-order valence-corrected chi connectivity index (χ2v) is 7.89. The molecule has 0 aliphatic rings. The number of nitrogens with zero attached hydrogens (tertiary/aromatic N) is 4. The molecule has 2 rings (SSSR count). The summed E-state index contributed by atoms with van der Waals surface area (Å²) in [7, 11) is 3.22. The number of ether oxygens (including phenoxy) is 2. The molecule has 0 fully saturated rings. The number of hydrogen-bond acceptors (Lipinski definition) is 8. The van der Waals surface area contributed by atoms with Gasteiger partial charge in [0.1, 0.15) is 20.2 Å². The molecule has 10 nitrogen and oxygen atoms in total. The highest BCUT2D eigenvalue weighted by molar-refractivity contribution is 5.76. The molecule has 0 amide bonds. The summed E-state index contributed by atoms with van der Waals surface area (Å²) in [6.07, 6.45) is -0.792. The van der Waals surface area contributed by atoms with E-state index in [-0.39, 0.29) is 42.2 Å². The fraction of sp³-hybridized carbons (Fsp3) is 0.684. The molecule has 162 valence electrons. The van der Waals surface area contributed by atoms with Gasteiger partial charge in [-0.25, -0.2) is 4.98 Å². The highest BCUT2D eigenvalue weighted by Gasteiger charge is 2.35. The van der Waals surface area contributed by atoms with Crippen LogP contribution >= 0.6 is 0 Å². The van der Waals surface area contributed by atoms with Gasteiger partial charge >= 0.3 is 5.97 Å². The van der Waals surface area contributed by atoms with Gasteiger partial charge in [0.2, 0.25) is 5.95 Å². The topological polar surface area (TPSA) is 126 Å². The van der Waals surface area contributed by atoms with E-state index in [0.29, 0.717) is 5.95 Å². The molecule has 1 unspecified atom stereocenters. The number of rotatable bonds is 9. The molecule has 0 radical (unpaired) electrons. The standard InChI is InChI=1S/C19H32N6O4/c1-11(2)19(4,5)14(20)17(27)29-9-8-28-12(3)25-10-22-13-15(25)23-18(21-6)24(7)16(13)26/h10-12,14H,8-9,20H2,1-7H3,(H,21,23)/t12?,14-/m1/s1/i10D. The molecule has 0 aliphatic heterocycles. The van der Waals surface area contributed by atoms with Gasteiger partial charge in [0, 0.05) is 14.1 Å². The fourth-order valence-electron chi connectivity index (χ4n) is 2.66. The zero-order chi connectivity index (χ0) is 22.8. The van der Waals surface area contributed by atoms with E-state index in [1.807, 2.05) is 27.7 Å². The third kappa shape index (κ3) is 4.59. The molecule has 0 bridgehead atoms. The average molecular weight is 410 g/mol. The molecule has 2 aromatic heterocycles. The number of anilines is 1. The SMILES string of the molecule is [2H]c1nc2c(=O)n(C)c(NC)nc2n1C(C)OCCOC(=O)[C@@H](N)C(C)(C)C(C)C. The van der Waals surface area contributed by atoms with Crippen LogP contribution in [0.1, 0.15) is 42.2 Å². The van der Waals surface area contributed by atoms with Crippen molar-refractivity contribution >= 4 is 23.1 Å². The van der Waals surface area contributed by atoms with Crippen molar-refractivity contribution in [2.75, 3.05) is 25.6 Å². The van der Waals surface area contributed by atoms with Gasteiger partial charge in [-0.15, -0.1) is 0 Å². The molecule has 0 saturated heterocycles. The van der Waals surface area contributed by atoms with Gasteiger partial charge in [-0.1, -0.05) is 27.7 Å². The van der Waals surface area contributed by atoms with Gasteiger partial charge in [-0.2, -0.15) is 4.98 Å². The molecule has 3 N–H and O–H groups in total. The first-order chi connectivity index (χ1) is 13.9. The van der Waals surface area contributed by atoms with Crippen molar-refractivity contribution in [1.82, 2.24) is 19.1 Å². The minimum Gasteiger partial charge on any atom is -0.462 e. The normalized spacial score (nSPS) is 14.7. The molecule has 2 atom stereocenters. The smallest absolute Gasteiger partial charge is 0.323 e. The lowest BCUT2D eigenvalue weighted by Gasteiger charge is -2.33. The number of imidazole rings is 1. The summed E-state index contributed by atoms with van der Waals surface area (Å²) in [6, 6.07) is -0.743. The Hall–Kier alpha value is -2.46. The minimum atomic E-state index is -0.743. The lowest BCUT2D eigenvalue weighted by atomic mass is 9.75. The summed E-state index contributed by atoms with van der Waals surface area (Å²) in [6.45, 7) is 9.68. The van der Waals surface area contributed by atoms with E-state index in [0.717, 1.165) is 0 Å². The predicted molar refractivity (Wildman–Crippen MR) is 111 cm³/mol. The molecule has 0 saturated carbocycles. The number of nitrogens with two attached hydrogens (primary N) is 1. The second-order valence-electron chi connectivity index (χ2n) is 7.89. The van der Waals surface area contributed by atoms with Gasteiger partial charge in [0.25, 0.3) is 5.56 Å². The number of fused-ring (bicyclic) bond motifs is 1. The Morgan fingerprint density at radius 3 is 2.62 bits per heavy atom. The van der Waals surface area contributed by atoms with Crippen LogP contribution in [0.15, 0.2) is 11.1 Å². The number of aromatic nitrogens is 4. The Morgan fingerprint density at radius 1 is 1.38 bits per heavy atom. The van der Waals surface area contributed by atoms with E-state index in [1.54, 1.807) is 21.0 Å². The summed E-state index contributed by atoms with van der Waals surface area (Å²) in [5.74, 6) is 0.0728. The average Bonchev–Trinajstić information content (AvgIpc) is 3.02. The van der Waals surface area contributed by atoms with Crippen LogP contribution in [0.2, 0.25) is 0 Å². The van der Waals surface area contributed by atoms with Gasteiger partial charge in [0.15, 0.2) is 11.2 Å². The second kappa shape index (κ2) is 8.91. The van der Waals surface area contributed by atoms with Crippen molar-refractivity contribution in [3.63, 3.8) is 0 Å². The quantitative estimate of drug-likeness (QED) is 0.468. The van der Waals surface area contributed by atoms with Crippen molar-refractivity contribution in [3.05, 3.63) is 16.7 Å². The molecule has 2 aromatic rings. The van der Waals surface area contributed by atoms with Gasteiger partial charge < -0.3 is 20.5 Å². The largest absolute Gasteiger partial charge is 0.462 e. The monoisotopic (exact) mass is 409 g/mol. The highest BCUT2D eigenvalue weighted by Crippen LogP contribution is 2.29. The van der Waals surface area contributed by atoms with Crippen LogP contribution in [-0.2, 0) is 21.3 Å². The van der Waals surface area contributed by atoms with Gasteiger partial charge in [-0.05, 0) is 18.3 Å². The summed E-state index contributed by atoms with van der Waals surface area (Å²) in [5.41, 5.74) is 5.63. The van der Waals surface area contributed by atoms with Crippen LogP contribution in [0, 0.1) is 11.3 Å². The maximum atomic E-state index is 12.4. The molecule has 29 heavy (non-hydrogen) atoms. The minimum absolute atomic E-state index is 0.0158. The van der Waals surface area contributed by atoms with E-state index in [2.05, 4.69) is 15.3 Å². The number of carbonyl (C=O) groups is 1. The van der Waals surface area contributed by atoms with E-state index in [4.69, 9.17) is 16.6 Å². The predicted octanol–water partition coefficient (Wildman–Crippen LogP) is 1.26. The lowest BCUT2D eigenvalue weighted by molar-refractivity contribution is -0.151. The fourth-order valence-corrected chi connectivity index (χ4v) is 2.66. The van der Waals surface area contributed by atoms with Crippen LogP contribution in [0.3, 0.4) is 0 Å². The van der Waals surface area contributed by atoms with Gasteiger partial charge in [0.05, 0.1) is 12.9 Å². The van der Waals surface area contributed by atoms with Crippen LogP contribution in [0.4, 0.5) is 5.95 Å². The van der Waals surface area contributed by atoms with E-state index < -0.39 is 23.7 Å². The molecule has 0 spiro atoms. The van der Waals surface area contributed by atoms with Crippen LogP contribution in [-0.4, -0.2) is 51.4 Å². The number of nitrogens with one attached hydrogen (secondary N) is 1. The lowest BCUT2D eigenvalue weighted by Crippen LogP contribution is -2.47. The third-order valence-electron chi connectivity index (χ3n) is 5.56. The van der Waals surface area contributed by atoms with Crippen LogP contribution in [0.5, 0.6) is 0 Å². The Kier molecular flexibility index (Phi) is 6.53. The van der Waals surface area contributed by atoms with E-state index >= 15 is 0 Å². The molecule has 0 aliphatic carbocycles. The summed E-state index contributed by atoms with van der Waals surface area (Å²) >= 11 is 0. The first-order valence-electron chi connectivity index (χ1n) is 10.1. The molecular weight excluding hydrogens is 376 g/mol. The maximum Gasteiger partial charge on any atom is 0.323 e. The number of hydrogen-bond donors (Lipinski definition) is 2. The molecule has 2 heterocycles. The van der Waals surface area contributed by atoms with Crippen molar-refractivity contribution in [1.29, 1.82) is 0 Å². The molecular formula is C19H32N6O4.